The van der Waals surface area contributed by atoms with Crippen LogP contribution in [0.5, 0.6) is 11.5 Å². The van der Waals surface area contributed by atoms with Crippen LogP contribution in [0, 0.1) is 6.92 Å². The molecule has 0 aliphatic carbocycles. The summed E-state index contributed by atoms with van der Waals surface area (Å²) in [6.45, 7) is 7.21. The van der Waals surface area contributed by atoms with Crippen molar-refractivity contribution in [1.82, 2.24) is 19.8 Å². The van der Waals surface area contributed by atoms with Gasteiger partial charge in [0.2, 0.25) is 5.28 Å². The van der Waals surface area contributed by atoms with Gasteiger partial charge in [0.05, 0.1) is 17.8 Å². The van der Waals surface area contributed by atoms with Crippen molar-refractivity contribution >= 4 is 23.2 Å². The van der Waals surface area contributed by atoms with E-state index in [9.17, 15) is 15.0 Å². The Bertz CT molecular complexity index is 1500. The third-order valence-electron chi connectivity index (χ3n) is 7.19. The molecule has 0 radical (unpaired) electrons. The van der Waals surface area contributed by atoms with Crippen LogP contribution in [-0.2, 0) is 13.1 Å². The van der Waals surface area contributed by atoms with E-state index in [4.69, 9.17) is 11.6 Å². The number of phenolic OH excluding ortho intramolecular Hbond substituents is 2. The molecule has 1 aliphatic heterocycles. The predicted octanol–water partition coefficient (Wildman–Crippen LogP) is 5.11. The number of amides is 1. The summed E-state index contributed by atoms with van der Waals surface area (Å²) in [5.41, 5.74) is 5.37. The first kappa shape index (κ1) is 27.6. The van der Waals surface area contributed by atoms with Crippen molar-refractivity contribution < 1.29 is 15.0 Å². The van der Waals surface area contributed by atoms with Crippen LogP contribution in [0.4, 0.5) is 5.69 Å². The second-order valence-corrected chi connectivity index (χ2v) is 10.5. The quantitative estimate of drug-likeness (QED) is 0.305. The van der Waals surface area contributed by atoms with Crippen LogP contribution < -0.4 is 4.90 Å². The Labute approximate surface area is 239 Å². The topological polar surface area (TPSA) is 93.0 Å². The molecule has 9 heteroatoms. The third kappa shape index (κ3) is 6.42. The highest BCUT2D eigenvalue weighted by atomic mass is 35.5. The largest absolute Gasteiger partial charge is 0.508 e. The highest BCUT2D eigenvalue weighted by Gasteiger charge is 2.22. The van der Waals surface area contributed by atoms with E-state index in [1.54, 1.807) is 11.1 Å². The summed E-state index contributed by atoms with van der Waals surface area (Å²) < 4.78 is 0. The van der Waals surface area contributed by atoms with Crippen molar-refractivity contribution in [3.05, 3.63) is 100 Å². The summed E-state index contributed by atoms with van der Waals surface area (Å²) in [6.07, 6.45) is 1.68. The van der Waals surface area contributed by atoms with Gasteiger partial charge in [-0.2, -0.15) is 0 Å². The monoisotopic (exact) mass is 557 g/mol. The molecule has 5 rings (SSSR count). The lowest BCUT2D eigenvalue weighted by atomic mass is 10.1. The molecular formula is C31H32ClN5O3. The van der Waals surface area contributed by atoms with Crippen LogP contribution in [0.2, 0.25) is 5.28 Å². The molecule has 1 saturated heterocycles. The van der Waals surface area contributed by atoms with E-state index in [2.05, 4.69) is 38.9 Å². The molecule has 0 spiro atoms. The Morgan fingerprint density at radius 3 is 2.42 bits per heavy atom. The van der Waals surface area contributed by atoms with E-state index >= 15 is 0 Å². The lowest BCUT2D eigenvalue weighted by Crippen LogP contribution is -2.43. The van der Waals surface area contributed by atoms with E-state index in [0.29, 0.717) is 12.2 Å². The molecule has 0 saturated carbocycles. The number of hydrogen-bond acceptors (Lipinski definition) is 7. The molecule has 0 atom stereocenters. The van der Waals surface area contributed by atoms with Gasteiger partial charge in [-0.3, -0.25) is 9.69 Å². The van der Waals surface area contributed by atoms with Crippen LogP contribution in [0.25, 0.3) is 11.3 Å². The number of nitrogens with zero attached hydrogens (tertiary/aromatic N) is 5. The smallest absolute Gasteiger partial charge is 0.262 e. The maximum Gasteiger partial charge on any atom is 0.262 e. The molecule has 2 N–H and O–H groups in total. The Balaban J connectivity index is 1.45. The minimum absolute atomic E-state index is 0.105. The Morgan fingerprint density at radius 1 is 0.975 bits per heavy atom. The fourth-order valence-corrected chi connectivity index (χ4v) is 5.05. The molecule has 8 nitrogen and oxygen atoms in total. The number of rotatable bonds is 7. The molecule has 206 valence electrons. The van der Waals surface area contributed by atoms with Crippen molar-refractivity contribution in [2.75, 3.05) is 38.1 Å². The highest BCUT2D eigenvalue weighted by Crippen LogP contribution is 2.30. The minimum Gasteiger partial charge on any atom is -0.508 e. The van der Waals surface area contributed by atoms with Crippen LogP contribution in [-0.4, -0.2) is 69.1 Å². The van der Waals surface area contributed by atoms with Crippen molar-refractivity contribution in [2.24, 2.45) is 0 Å². The number of benzene rings is 3. The van der Waals surface area contributed by atoms with Gasteiger partial charge in [0, 0.05) is 56.2 Å². The molecule has 0 unspecified atom stereocenters. The lowest BCUT2D eigenvalue weighted by molar-refractivity contribution is 0.0982. The lowest BCUT2D eigenvalue weighted by Gasteiger charge is -2.32. The van der Waals surface area contributed by atoms with E-state index in [0.717, 1.165) is 55.1 Å². The Hall–Kier alpha value is -3.98. The fraction of sp³-hybridized carbons (Fsp3) is 0.258. The standard InChI is InChI=1S/C31H32ClN5O3/c1-21-18-33-31(32)34-29(21)24-6-8-25(9-7-24)37(30(40)27-11-10-26(38)17-28(27)39)20-23-5-3-4-22(16-23)19-36-14-12-35(2)13-15-36/h3-11,16-18,38-39H,12-15,19-20H2,1-2H3. The number of likely N-dealkylation sites (N-methyl/N-ethyl adjacent to an activating group) is 1. The number of carbonyl (C=O) groups excluding carboxylic acids is 1. The number of halogens is 1. The zero-order valence-corrected chi connectivity index (χ0v) is 23.3. The molecule has 1 fully saturated rings. The fourth-order valence-electron chi connectivity index (χ4n) is 4.91. The van der Waals surface area contributed by atoms with Gasteiger partial charge >= 0.3 is 0 Å². The summed E-state index contributed by atoms with van der Waals surface area (Å²) in [4.78, 5) is 28.6. The first-order valence-electron chi connectivity index (χ1n) is 13.2. The SMILES string of the molecule is Cc1cnc(Cl)nc1-c1ccc(N(Cc2cccc(CN3CCN(C)CC3)c2)C(=O)c2ccc(O)cc2O)cc1. The molecule has 4 aromatic rings. The second kappa shape index (κ2) is 12.0. The van der Waals surface area contributed by atoms with Crippen LogP contribution >= 0.6 is 11.6 Å². The number of hydrogen-bond donors (Lipinski definition) is 2. The van der Waals surface area contributed by atoms with Gasteiger partial charge in [0.25, 0.3) is 5.91 Å². The molecule has 1 aromatic heterocycles. The van der Waals surface area contributed by atoms with Gasteiger partial charge in [-0.1, -0.05) is 36.4 Å². The minimum atomic E-state index is -0.379. The van der Waals surface area contributed by atoms with Crippen molar-refractivity contribution in [3.63, 3.8) is 0 Å². The normalized spacial score (nSPS) is 14.3. The number of aryl methyl sites for hydroxylation is 1. The van der Waals surface area contributed by atoms with Crippen LogP contribution in [0.1, 0.15) is 27.0 Å². The van der Waals surface area contributed by atoms with Crippen molar-refractivity contribution in [3.8, 4) is 22.8 Å². The first-order chi connectivity index (χ1) is 19.3. The summed E-state index contributed by atoms with van der Waals surface area (Å²) >= 11 is 6.03. The Morgan fingerprint density at radius 2 is 1.70 bits per heavy atom. The van der Waals surface area contributed by atoms with Gasteiger partial charge in [0.15, 0.2) is 0 Å². The number of phenols is 2. The summed E-state index contributed by atoms with van der Waals surface area (Å²) in [5, 5.41) is 20.4. The van der Waals surface area contributed by atoms with E-state index in [-0.39, 0.29) is 28.3 Å². The molecule has 0 bridgehead atoms. The summed E-state index contributed by atoms with van der Waals surface area (Å²) in [7, 11) is 2.14. The number of carbonyl (C=O) groups is 1. The Kier molecular flexibility index (Phi) is 8.30. The number of piperazine rings is 1. The van der Waals surface area contributed by atoms with E-state index in [1.165, 1.54) is 23.8 Å². The summed E-state index contributed by atoms with van der Waals surface area (Å²) in [5.74, 6) is -0.766. The second-order valence-electron chi connectivity index (χ2n) is 10.2. The number of aromatic nitrogens is 2. The maximum atomic E-state index is 13.8. The first-order valence-corrected chi connectivity index (χ1v) is 13.6. The zero-order chi connectivity index (χ0) is 28.2. The summed E-state index contributed by atoms with van der Waals surface area (Å²) in [6, 6.07) is 19.8. The van der Waals surface area contributed by atoms with Gasteiger partial charge in [-0.15, -0.1) is 0 Å². The highest BCUT2D eigenvalue weighted by molar-refractivity contribution is 6.28. The zero-order valence-electron chi connectivity index (χ0n) is 22.6. The molecule has 40 heavy (non-hydrogen) atoms. The van der Waals surface area contributed by atoms with Crippen LogP contribution in [0.15, 0.2) is 72.9 Å². The molecule has 1 amide bonds. The molecule has 2 heterocycles. The van der Waals surface area contributed by atoms with Crippen molar-refractivity contribution in [2.45, 2.75) is 20.0 Å². The third-order valence-corrected chi connectivity index (χ3v) is 7.37. The molecule has 1 aliphatic rings. The predicted molar refractivity (Wildman–Crippen MR) is 157 cm³/mol. The average Bonchev–Trinajstić information content (AvgIpc) is 2.94. The van der Waals surface area contributed by atoms with Gasteiger partial charge in [-0.25, -0.2) is 9.97 Å². The number of anilines is 1. The van der Waals surface area contributed by atoms with Crippen molar-refractivity contribution in [1.29, 1.82) is 0 Å². The van der Waals surface area contributed by atoms with E-state index in [1.807, 2.05) is 43.3 Å². The molecule has 3 aromatic carbocycles. The average molecular weight is 558 g/mol. The number of aromatic hydroxyl groups is 2. The van der Waals surface area contributed by atoms with Gasteiger partial charge < -0.3 is 20.0 Å². The van der Waals surface area contributed by atoms with Gasteiger partial charge in [-0.05, 0) is 66.5 Å². The van der Waals surface area contributed by atoms with Crippen LogP contribution in [0.3, 0.4) is 0 Å². The molecular weight excluding hydrogens is 526 g/mol. The van der Waals surface area contributed by atoms with Gasteiger partial charge in [0.1, 0.15) is 11.5 Å². The maximum absolute atomic E-state index is 13.8. The van der Waals surface area contributed by atoms with E-state index < -0.39 is 0 Å².